The maximum Gasteiger partial charge on any atom is 4.00 e. The van der Waals surface area contributed by atoms with Crippen LogP contribution in [0, 0.1) is 25.7 Å². The molecule has 0 atom stereocenters. The van der Waals surface area contributed by atoms with Crippen molar-refractivity contribution in [3.8, 4) is 0 Å². The Bertz CT molecular complexity index is 116. The van der Waals surface area contributed by atoms with E-state index in [1.54, 1.807) is 0 Å². The summed E-state index contributed by atoms with van der Waals surface area (Å²) in [5.74, 6) is 0. The molecule has 0 radical (unpaired) electrons. The summed E-state index contributed by atoms with van der Waals surface area (Å²) in [7, 11) is 0. The molecule has 4 aliphatic rings. The Morgan fingerprint density at radius 3 is 0.440 bits per heavy atom. The Kier molecular flexibility index (Phi) is 23.7. The molecule has 0 heterocycles. The summed E-state index contributed by atoms with van der Waals surface area (Å²) in [5.41, 5.74) is 0. The molecule has 0 N–H and O–H groups in total. The smallest absolute Gasteiger partial charge is 0.328 e. The Hall–Kier alpha value is 0.883. The Balaban J connectivity index is 0.000000303. The van der Waals surface area contributed by atoms with Crippen LogP contribution in [0.15, 0.2) is 0 Å². The summed E-state index contributed by atoms with van der Waals surface area (Å²) < 4.78 is 0. The molecule has 4 rings (SSSR count). The van der Waals surface area contributed by atoms with Crippen molar-refractivity contribution >= 4 is 0 Å². The fourth-order valence-electron chi connectivity index (χ4n) is 3.59. The first-order chi connectivity index (χ1) is 12.0. The molecule has 0 aromatic carbocycles. The minimum absolute atomic E-state index is 0. The summed E-state index contributed by atoms with van der Waals surface area (Å²) >= 11 is 0. The monoisotopic (exact) mass is 422 g/mol. The molecule has 0 unspecified atom stereocenters. The predicted octanol–water partition coefficient (Wildman–Crippen LogP) is 8.62. The second kappa shape index (κ2) is 22.9. The molecule has 0 aromatic rings. The van der Waals surface area contributed by atoms with E-state index in [4.69, 9.17) is 0 Å². The van der Waals surface area contributed by atoms with Crippen molar-refractivity contribution in [2.75, 3.05) is 0 Å². The second-order valence-corrected chi connectivity index (χ2v) is 7.71. The van der Waals surface area contributed by atoms with Gasteiger partial charge in [-0.3, -0.25) is 0 Å². The topological polar surface area (TPSA) is 0 Å². The number of hydrogen-bond acceptors (Lipinski definition) is 0. The fourth-order valence-corrected chi connectivity index (χ4v) is 3.59. The maximum atomic E-state index is 2.39. The molecule has 0 amide bonds. The molecular formula is C24H44Zr. The van der Waals surface area contributed by atoms with Crippen molar-refractivity contribution in [3.63, 3.8) is 0 Å². The van der Waals surface area contributed by atoms with Gasteiger partial charge in [0.15, 0.2) is 0 Å². The first kappa shape index (κ1) is 25.9. The van der Waals surface area contributed by atoms with Crippen molar-refractivity contribution in [1.29, 1.82) is 0 Å². The van der Waals surface area contributed by atoms with Crippen LogP contribution in [0.25, 0.3) is 0 Å². The SMILES string of the molecule is [CH-]1CCCCC1.[CH-]1CCCCC1.[CH-]1CCCCC1.[CH-]1CCCCC1.[Zr+4]. The zero-order valence-electron chi connectivity index (χ0n) is 17.0. The van der Waals surface area contributed by atoms with E-state index in [-0.39, 0.29) is 26.2 Å². The van der Waals surface area contributed by atoms with E-state index in [0.29, 0.717) is 0 Å². The molecule has 4 fully saturated rings. The Morgan fingerprint density at radius 1 is 0.240 bits per heavy atom. The van der Waals surface area contributed by atoms with Crippen molar-refractivity contribution in [3.05, 3.63) is 25.7 Å². The van der Waals surface area contributed by atoms with Crippen LogP contribution in [-0.2, 0) is 26.2 Å². The van der Waals surface area contributed by atoms with E-state index in [2.05, 4.69) is 25.7 Å². The van der Waals surface area contributed by atoms with Gasteiger partial charge in [0.2, 0.25) is 0 Å². The van der Waals surface area contributed by atoms with Crippen LogP contribution >= 0.6 is 0 Å². The summed E-state index contributed by atoms with van der Waals surface area (Å²) in [6.07, 6.45) is 38.0. The van der Waals surface area contributed by atoms with Gasteiger partial charge in [-0.25, -0.2) is 0 Å². The van der Waals surface area contributed by atoms with Crippen LogP contribution in [-0.4, -0.2) is 0 Å². The third kappa shape index (κ3) is 21.0. The van der Waals surface area contributed by atoms with Gasteiger partial charge >= 0.3 is 26.2 Å². The molecule has 144 valence electrons. The van der Waals surface area contributed by atoms with Gasteiger partial charge in [-0.05, 0) is 0 Å². The van der Waals surface area contributed by atoms with Crippen LogP contribution in [0.2, 0.25) is 0 Å². The third-order valence-corrected chi connectivity index (χ3v) is 5.27. The molecule has 1 heteroatoms. The first-order valence-corrected chi connectivity index (χ1v) is 11.3. The summed E-state index contributed by atoms with van der Waals surface area (Å²) in [4.78, 5) is 0. The third-order valence-electron chi connectivity index (χ3n) is 5.27. The van der Waals surface area contributed by atoms with E-state index in [1.807, 2.05) is 0 Å². The largest absolute Gasteiger partial charge is 4.00 e. The second-order valence-electron chi connectivity index (χ2n) is 7.71. The molecule has 4 saturated carbocycles. The van der Waals surface area contributed by atoms with Gasteiger partial charge in [-0.2, -0.15) is 51.4 Å². The summed E-state index contributed by atoms with van der Waals surface area (Å²) in [5, 5.41) is 0. The minimum atomic E-state index is 0. The van der Waals surface area contributed by atoms with Gasteiger partial charge in [0, 0.05) is 0 Å². The minimum Gasteiger partial charge on any atom is -0.328 e. The van der Waals surface area contributed by atoms with Crippen LogP contribution in [0.4, 0.5) is 0 Å². The summed E-state index contributed by atoms with van der Waals surface area (Å²) in [6, 6.07) is 0. The predicted molar refractivity (Wildman–Crippen MR) is 110 cm³/mol. The van der Waals surface area contributed by atoms with E-state index >= 15 is 0 Å². The van der Waals surface area contributed by atoms with Crippen LogP contribution in [0.5, 0.6) is 0 Å². The molecule has 0 saturated heterocycles. The molecule has 25 heavy (non-hydrogen) atoms. The Morgan fingerprint density at radius 2 is 0.400 bits per heavy atom. The van der Waals surface area contributed by atoms with Crippen LogP contribution < -0.4 is 0 Å². The standard InChI is InChI=1S/4C6H11.Zr/c4*1-2-4-6-5-3-1;/h4*1H,2-6H2;/q4*-1;+4. The molecule has 0 spiro atoms. The molecule has 0 bridgehead atoms. The average molecular weight is 424 g/mol. The van der Waals surface area contributed by atoms with Gasteiger partial charge in [0.05, 0.1) is 0 Å². The van der Waals surface area contributed by atoms with Crippen molar-refractivity contribution in [2.24, 2.45) is 0 Å². The zero-order chi connectivity index (χ0) is 17.0. The van der Waals surface area contributed by atoms with Gasteiger partial charge in [0.1, 0.15) is 0 Å². The van der Waals surface area contributed by atoms with E-state index in [9.17, 15) is 0 Å². The average Bonchev–Trinajstić information content (AvgIpc) is 2.75. The quantitative estimate of drug-likeness (QED) is 0.342. The maximum absolute atomic E-state index is 2.39. The molecule has 0 aliphatic heterocycles. The van der Waals surface area contributed by atoms with Gasteiger partial charge in [0.25, 0.3) is 0 Å². The number of rotatable bonds is 0. The molecule has 0 nitrogen and oxygen atoms in total. The van der Waals surface area contributed by atoms with Gasteiger partial charge < -0.3 is 25.7 Å². The van der Waals surface area contributed by atoms with Crippen molar-refractivity contribution in [2.45, 2.75) is 128 Å². The van der Waals surface area contributed by atoms with E-state index in [1.165, 1.54) is 128 Å². The molecule has 4 aliphatic carbocycles. The molecule has 0 aromatic heterocycles. The van der Waals surface area contributed by atoms with E-state index in [0.717, 1.165) is 0 Å². The molecular weight excluding hydrogens is 379 g/mol. The zero-order valence-corrected chi connectivity index (χ0v) is 19.4. The van der Waals surface area contributed by atoms with Gasteiger partial charge in [-0.15, -0.1) is 0 Å². The van der Waals surface area contributed by atoms with Gasteiger partial charge in [-0.1, -0.05) is 77.0 Å². The Labute approximate surface area is 179 Å². The first-order valence-electron chi connectivity index (χ1n) is 11.3. The fraction of sp³-hybridized carbons (Fsp3) is 0.833. The van der Waals surface area contributed by atoms with Crippen molar-refractivity contribution in [1.82, 2.24) is 0 Å². The van der Waals surface area contributed by atoms with Crippen molar-refractivity contribution < 1.29 is 26.2 Å². The normalized spacial score (nSPS) is 23.0. The number of hydrogen-bond donors (Lipinski definition) is 0. The van der Waals surface area contributed by atoms with Crippen LogP contribution in [0.3, 0.4) is 0 Å². The van der Waals surface area contributed by atoms with E-state index < -0.39 is 0 Å². The van der Waals surface area contributed by atoms with Crippen LogP contribution in [0.1, 0.15) is 128 Å². The summed E-state index contributed by atoms with van der Waals surface area (Å²) in [6.45, 7) is 0.